The molecule has 0 aliphatic carbocycles. The van der Waals surface area contributed by atoms with Crippen LogP contribution in [0, 0.1) is 0 Å². The van der Waals surface area contributed by atoms with E-state index in [1.54, 1.807) is 7.11 Å². The van der Waals surface area contributed by atoms with Crippen LogP contribution in [0.5, 0.6) is 5.75 Å². The van der Waals surface area contributed by atoms with Crippen LogP contribution >= 0.6 is 27.3 Å². The molecule has 1 heterocycles. The van der Waals surface area contributed by atoms with Crippen LogP contribution in [0.2, 0.25) is 0 Å². The minimum absolute atomic E-state index is 0.0743. The van der Waals surface area contributed by atoms with Crippen LogP contribution in [-0.2, 0) is 17.8 Å². The molecule has 0 radical (unpaired) electrons. The van der Waals surface area contributed by atoms with Crippen molar-refractivity contribution in [2.45, 2.75) is 13.0 Å². The van der Waals surface area contributed by atoms with Gasteiger partial charge in [0.1, 0.15) is 5.75 Å². The number of carboxylic acid groups (broad SMARTS) is 1. The summed E-state index contributed by atoms with van der Waals surface area (Å²) in [6.45, 7) is 0.636. The van der Waals surface area contributed by atoms with Crippen molar-refractivity contribution in [3.05, 3.63) is 44.6 Å². The summed E-state index contributed by atoms with van der Waals surface area (Å²) < 4.78 is 6.26. The number of halogens is 1. The van der Waals surface area contributed by atoms with Gasteiger partial charge in [0.15, 0.2) is 0 Å². The van der Waals surface area contributed by atoms with Crippen molar-refractivity contribution in [1.29, 1.82) is 0 Å². The second kappa shape index (κ2) is 6.76. The van der Waals surface area contributed by atoms with Gasteiger partial charge in [0, 0.05) is 20.8 Å². The first-order valence-corrected chi connectivity index (χ1v) is 7.56. The number of thiophene rings is 1. The maximum atomic E-state index is 10.6. The van der Waals surface area contributed by atoms with Crippen LogP contribution in [0.4, 0.5) is 5.69 Å². The van der Waals surface area contributed by atoms with Crippen LogP contribution in [0.25, 0.3) is 0 Å². The summed E-state index contributed by atoms with van der Waals surface area (Å²) in [5.74, 6) is -0.0319. The molecule has 1 aromatic carbocycles. The number of ether oxygens (including phenoxy) is 1. The number of hydrogen-bond donors (Lipinski definition) is 2. The molecule has 6 heteroatoms. The molecular formula is C14H14BrNO3S. The maximum Gasteiger partial charge on any atom is 0.308 e. The SMILES string of the molecule is COc1ccc(Br)cc1NCc1ccc(CC(=O)O)s1. The molecule has 0 atom stereocenters. The van der Waals surface area contributed by atoms with E-state index in [9.17, 15) is 4.79 Å². The molecule has 0 spiro atoms. The summed E-state index contributed by atoms with van der Waals surface area (Å²) in [4.78, 5) is 12.6. The number of aliphatic carboxylic acids is 1. The van der Waals surface area contributed by atoms with E-state index >= 15 is 0 Å². The Bertz CT molecular complexity index is 612. The highest BCUT2D eigenvalue weighted by Gasteiger charge is 2.07. The third-order valence-electron chi connectivity index (χ3n) is 2.66. The molecule has 1 aromatic heterocycles. The molecule has 0 fully saturated rings. The molecule has 2 rings (SSSR count). The van der Waals surface area contributed by atoms with Crippen molar-refractivity contribution in [1.82, 2.24) is 0 Å². The fourth-order valence-electron chi connectivity index (χ4n) is 1.76. The van der Waals surface area contributed by atoms with Crippen LogP contribution in [0.1, 0.15) is 9.75 Å². The Morgan fingerprint density at radius 1 is 1.35 bits per heavy atom. The molecule has 0 bridgehead atoms. The number of rotatable bonds is 6. The molecule has 0 saturated carbocycles. The van der Waals surface area contributed by atoms with E-state index < -0.39 is 5.97 Å². The zero-order valence-electron chi connectivity index (χ0n) is 10.9. The minimum Gasteiger partial charge on any atom is -0.495 e. The van der Waals surface area contributed by atoms with Gasteiger partial charge < -0.3 is 15.2 Å². The zero-order chi connectivity index (χ0) is 14.5. The second-order valence-electron chi connectivity index (χ2n) is 4.14. The van der Waals surface area contributed by atoms with E-state index in [-0.39, 0.29) is 6.42 Å². The highest BCUT2D eigenvalue weighted by atomic mass is 79.9. The molecule has 0 amide bonds. The number of hydrogen-bond acceptors (Lipinski definition) is 4. The minimum atomic E-state index is -0.806. The van der Waals surface area contributed by atoms with Gasteiger partial charge in [-0.1, -0.05) is 15.9 Å². The van der Waals surface area contributed by atoms with Crippen LogP contribution in [-0.4, -0.2) is 18.2 Å². The fourth-order valence-corrected chi connectivity index (χ4v) is 3.07. The maximum absolute atomic E-state index is 10.6. The van der Waals surface area contributed by atoms with Gasteiger partial charge in [-0.3, -0.25) is 4.79 Å². The van der Waals surface area contributed by atoms with Gasteiger partial charge in [0.25, 0.3) is 0 Å². The van der Waals surface area contributed by atoms with Crippen LogP contribution in [0.15, 0.2) is 34.8 Å². The van der Waals surface area contributed by atoms with Gasteiger partial charge in [-0.2, -0.15) is 0 Å². The van der Waals surface area contributed by atoms with Crippen molar-refractivity contribution in [3.63, 3.8) is 0 Å². The molecule has 0 saturated heterocycles. The van der Waals surface area contributed by atoms with E-state index in [1.165, 1.54) is 11.3 Å². The molecule has 4 nitrogen and oxygen atoms in total. The summed E-state index contributed by atoms with van der Waals surface area (Å²) in [7, 11) is 1.63. The Morgan fingerprint density at radius 3 is 2.80 bits per heavy atom. The molecule has 20 heavy (non-hydrogen) atoms. The summed E-state index contributed by atoms with van der Waals surface area (Å²) in [5, 5.41) is 12.0. The van der Waals surface area contributed by atoms with Crippen molar-refractivity contribution in [2.75, 3.05) is 12.4 Å². The fraction of sp³-hybridized carbons (Fsp3) is 0.214. The van der Waals surface area contributed by atoms with Crippen molar-refractivity contribution >= 4 is 38.9 Å². The normalized spacial score (nSPS) is 10.3. The van der Waals surface area contributed by atoms with Crippen molar-refractivity contribution < 1.29 is 14.6 Å². The summed E-state index contributed by atoms with van der Waals surface area (Å²) in [5.41, 5.74) is 0.898. The van der Waals surface area contributed by atoms with Gasteiger partial charge in [-0.05, 0) is 30.3 Å². The van der Waals surface area contributed by atoms with E-state index in [0.29, 0.717) is 6.54 Å². The number of carboxylic acids is 1. The lowest BCUT2D eigenvalue weighted by molar-refractivity contribution is -0.136. The lowest BCUT2D eigenvalue weighted by atomic mass is 10.3. The second-order valence-corrected chi connectivity index (χ2v) is 6.31. The van der Waals surface area contributed by atoms with Gasteiger partial charge >= 0.3 is 5.97 Å². The average Bonchev–Trinajstić information content (AvgIpc) is 2.83. The van der Waals surface area contributed by atoms with Crippen molar-refractivity contribution in [2.24, 2.45) is 0 Å². The number of methoxy groups -OCH3 is 1. The molecule has 2 aromatic rings. The number of carbonyl (C=O) groups is 1. The first kappa shape index (κ1) is 14.9. The van der Waals surface area contributed by atoms with E-state index in [2.05, 4.69) is 21.2 Å². The summed E-state index contributed by atoms with van der Waals surface area (Å²) >= 11 is 4.93. The lowest BCUT2D eigenvalue weighted by Crippen LogP contribution is -2.00. The van der Waals surface area contributed by atoms with Gasteiger partial charge in [-0.25, -0.2) is 0 Å². The van der Waals surface area contributed by atoms with Crippen LogP contribution in [0.3, 0.4) is 0 Å². The zero-order valence-corrected chi connectivity index (χ0v) is 13.3. The van der Waals surface area contributed by atoms with Gasteiger partial charge in [-0.15, -0.1) is 11.3 Å². The Kier molecular flexibility index (Phi) is 5.03. The molecule has 0 aliphatic heterocycles. The Hall–Kier alpha value is -1.53. The number of anilines is 1. The standard InChI is InChI=1S/C14H14BrNO3S/c1-19-13-5-2-9(15)6-12(13)16-8-11-4-3-10(20-11)7-14(17)18/h2-6,16H,7-8H2,1H3,(H,17,18). The monoisotopic (exact) mass is 355 g/mol. The molecule has 106 valence electrons. The highest BCUT2D eigenvalue weighted by Crippen LogP contribution is 2.29. The number of benzene rings is 1. The highest BCUT2D eigenvalue weighted by molar-refractivity contribution is 9.10. The first-order chi connectivity index (χ1) is 9.58. The predicted octanol–water partition coefficient (Wildman–Crippen LogP) is 3.76. The summed E-state index contributed by atoms with van der Waals surface area (Å²) in [6, 6.07) is 9.55. The third kappa shape index (κ3) is 3.98. The molecule has 0 unspecified atom stereocenters. The van der Waals surface area contributed by atoms with E-state index in [4.69, 9.17) is 9.84 Å². The molecular weight excluding hydrogens is 342 g/mol. The summed E-state index contributed by atoms with van der Waals surface area (Å²) in [6.07, 6.45) is 0.0743. The lowest BCUT2D eigenvalue weighted by Gasteiger charge is -2.10. The Morgan fingerprint density at radius 2 is 2.10 bits per heavy atom. The Balaban J connectivity index is 2.03. The van der Waals surface area contributed by atoms with Crippen LogP contribution < -0.4 is 10.1 Å². The van der Waals surface area contributed by atoms with Gasteiger partial charge in [0.2, 0.25) is 0 Å². The average molecular weight is 356 g/mol. The van der Waals surface area contributed by atoms with E-state index in [0.717, 1.165) is 25.7 Å². The van der Waals surface area contributed by atoms with E-state index in [1.807, 2.05) is 30.3 Å². The molecule has 2 N–H and O–H groups in total. The Labute approximate surface area is 129 Å². The largest absolute Gasteiger partial charge is 0.495 e. The topological polar surface area (TPSA) is 58.6 Å². The van der Waals surface area contributed by atoms with Crippen molar-refractivity contribution in [3.8, 4) is 5.75 Å². The molecule has 0 aliphatic rings. The number of nitrogens with one attached hydrogen (secondary N) is 1. The predicted molar refractivity (Wildman–Crippen MR) is 83.7 cm³/mol. The smallest absolute Gasteiger partial charge is 0.308 e. The third-order valence-corrected chi connectivity index (χ3v) is 4.24. The quantitative estimate of drug-likeness (QED) is 0.828. The van der Waals surface area contributed by atoms with Gasteiger partial charge in [0.05, 0.1) is 19.2 Å². The first-order valence-electron chi connectivity index (χ1n) is 5.95.